The van der Waals surface area contributed by atoms with Crippen LogP contribution in [0.1, 0.15) is 45.9 Å². The van der Waals surface area contributed by atoms with Crippen molar-refractivity contribution in [3.8, 4) is 0 Å². The number of piperidine rings is 1. The average molecular weight is 459 g/mol. The van der Waals surface area contributed by atoms with Gasteiger partial charge in [-0.25, -0.2) is 9.97 Å². The quantitative estimate of drug-likeness (QED) is 0.552. The Balaban J connectivity index is 1.73. The molecule has 1 aromatic carbocycles. The second-order valence-electron chi connectivity index (χ2n) is 7.29. The van der Waals surface area contributed by atoms with Crippen LogP contribution in [0.25, 0.3) is 10.2 Å². The molecule has 0 bridgehead atoms. The highest BCUT2D eigenvalue weighted by Crippen LogP contribution is 2.37. The van der Waals surface area contributed by atoms with Gasteiger partial charge in [0.05, 0.1) is 10.3 Å². The number of fused-ring (bicyclic) bond motifs is 1. The van der Waals surface area contributed by atoms with Gasteiger partial charge >= 0.3 is 0 Å². The van der Waals surface area contributed by atoms with E-state index in [1.807, 2.05) is 39.0 Å². The molecular weight excluding hydrogens is 436 g/mol. The van der Waals surface area contributed by atoms with E-state index in [-0.39, 0.29) is 5.91 Å². The Morgan fingerprint density at radius 3 is 2.61 bits per heavy atom. The van der Waals surface area contributed by atoms with Crippen molar-refractivity contribution in [1.82, 2.24) is 9.97 Å². The summed E-state index contributed by atoms with van der Waals surface area (Å²) >= 11 is 4.92. The van der Waals surface area contributed by atoms with Gasteiger partial charge in [-0.05, 0) is 69.4 Å². The summed E-state index contributed by atoms with van der Waals surface area (Å²) < 4.78 is 0.998. The lowest BCUT2D eigenvalue weighted by molar-refractivity contribution is 0.103. The molecule has 1 amide bonds. The number of benzene rings is 1. The standard InChI is InChI=1S/C21H23BrN4OS/c1-12-11-15(22)7-8-16(12)25-20(27)18-13(2)17-19(26-9-5-4-6-10-26)23-14(3)24-21(17)28-18/h7-8,11H,4-6,9-10H2,1-3H3,(H,25,27). The number of carbonyl (C=O) groups excluding carboxylic acids is 1. The van der Waals surface area contributed by atoms with Crippen molar-refractivity contribution in [2.45, 2.75) is 40.0 Å². The predicted molar refractivity (Wildman–Crippen MR) is 120 cm³/mol. The minimum atomic E-state index is -0.0897. The van der Waals surface area contributed by atoms with E-state index < -0.39 is 0 Å². The largest absolute Gasteiger partial charge is 0.356 e. The number of carbonyl (C=O) groups is 1. The van der Waals surface area contributed by atoms with E-state index in [9.17, 15) is 4.79 Å². The van der Waals surface area contributed by atoms with Gasteiger partial charge in [-0.15, -0.1) is 11.3 Å². The fraction of sp³-hybridized carbons (Fsp3) is 0.381. The van der Waals surface area contributed by atoms with Crippen LogP contribution in [-0.4, -0.2) is 29.0 Å². The molecule has 0 saturated carbocycles. The second kappa shape index (κ2) is 7.79. The minimum Gasteiger partial charge on any atom is -0.356 e. The maximum absolute atomic E-state index is 13.0. The van der Waals surface area contributed by atoms with Gasteiger partial charge in [-0.2, -0.15) is 0 Å². The highest BCUT2D eigenvalue weighted by atomic mass is 79.9. The molecule has 0 radical (unpaired) electrons. The van der Waals surface area contributed by atoms with Crippen LogP contribution in [0.4, 0.5) is 11.5 Å². The first-order valence-electron chi connectivity index (χ1n) is 9.54. The smallest absolute Gasteiger partial charge is 0.266 e. The highest BCUT2D eigenvalue weighted by molar-refractivity contribution is 9.10. The maximum Gasteiger partial charge on any atom is 0.266 e. The monoisotopic (exact) mass is 458 g/mol. The lowest BCUT2D eigenvalue weighted by atomic mass is 10.1. The normalized spacial score (nSPS) is 14.5. The van der Waals surface area contributed by atoms with Gasteiger partial charge in [0.25, 0.3) is 5.91 Å². The summed E-state index contributed by atoms with van der Waals surface area (Å²) in [6, 6.07) is 5.85. The molecule has 3 aromatic rings. The Morgan fingerprint density at radius 2 is 1.89 bits per heavy atom. The number of rotatable bonds is 3. The number of hydrogen-bond donors (Lipinski definition) is 1. The summed E-state index contributed by atoms with van der Waals surface area (Å²) in [5.74, 6) is 1.65. The van der Waals surface area contributed by atoms with Gasteiger partial charge < -0.3 is 10.2 Å². The van der Waals surface area contributed by atoms with Gasteiger partial charge in [0.2, 0.25) is 0 Å². The van der Waals surface area contributed by atoms with E-state index in [4.69, 9.17) is 4.98 Å². The van der Waals surface area contributed by atoms with Crippen LogP contribution in [0.2, 0.25) is 0 Å². The van der Waals surface area contributed by atoms with Gasteiger partial charge in [-0.1, -0.05) is 15.9 Å². The van der Waals surface area contributed by atoms with Crippen molar-refractivity contribution in [1.29, 1.82) is 0 Å². The number of thiophene rings is 1. The molecule has 4 rings (SSSR count). The van der Waals surface area contributed by atoms with E-state index in [0.717, 1.165) is 56.2 Å². The molecule has 1 N–H and O–H groups in total. The fourth-order valence-corrected chi connectivity index (χ4v) is 5.31. The Hall–Kier alpha value is -1.99. The fourth-order valence-electron chi connectivity index (χ4n) is 3.72. The second-order valence-corrected chi connectivity index (χ2v) is 9.21. The van der Waals surface area contributed by atoms with E-state index in [0.29, 0.717) is 4.88 Å². The zero-order valence-electron chi connectivity index (χ0n) is 16.3. The maximum atomic E-state index is 13.0. The topological polar surface area (TPSA) is 58.1 Å². The Labute approximate surface area is 177 Å². The highest BCUT2D eigenvalue weighted by Gasteiger charge is 2.24. The lowest BCUT2D eigenvalue weighted by Crippen LogP contribution is -2.30. The van der Waals surface area contributed by atoms with Crippen LogP contribution in [0, 0.1) is 20.8 Å². The molecule has 0 atom stereocenters. The number of amides is 1. The molecule has 5 nitrogen and oxygen atoms in total. The molecule has 7 heteroatoms. The van der Waals surface area contributed by atoms with Crippen molar-refractivity contribution in [2.75, 3.05) is 23.3 Å². The van der Waals surface area contributed by atoms with E-state index in [1.165, 1.54) is 30.6 Å². The van der Waals surface area contributed by atoms with Crippen molar-refractivity contribution in [3.63, 3.8) is 0 Å². The van der Waals surface area contributed by atoms with Crippen LogP contribution in [-0.2, 0) is 0 Å². The van der Waals surface area contributed by atoms with E-state index >= 15 is 0 Å². The van der Waals surface area contributed by atoms with Crippen LogP contribution >= 0.6 is 27.3 Å². The van der Waals surface area contributed by atoms with E-state index in [1.54, 1.807) is 0 Å². The number of nitrogens with one attached hydrogen (secondary N) is 1. The Kier molecular flexibility index (Phi) is 5.38. The number of aromatic nitrogens is 2. The van der Waals surface area contributed by atoms with Crippen molar-refractivity contribution in [3.05, 3.63) is 44.5 Å². The van der Waals surface area contributed by atoms with Gasteiger partial charge in [0, 0.05) is 23.2 Å². The molecule has 146 valence electrons. The van der Waals surface area contributed by atoms with Crippen LogP contribution in [0.15, 0.2) is 22.7 Å². The summed E-state index contributed by atoms with van der Waals surface area (Å²) in [7, 11) is 0. The van der Waals surface area contributed by atoms with E-state index in [2.05, 4.69) is 31.1 Å². The number of hydrogen-bond acceptors (Lipinski definition) is 5. The lowest BCUT2D eigenvalue weighted by Gasteiger charge is -2.28. The third-order valence-electron chi connectivity index (χ3n) is 5.18. The van der Waals surface area contributed by atoms with Gasteiger partial charge in [-0.3, -0.25) is 4.79 Å². The minimum absolute atomic E-state index is 0.0897. The van der Waals surface area contributed by atoms with Crippen LogP contribution in [0.5, 0.6) is 0 Å². The molecule has 1 fully saturated rings. The summed E-state index contributed by atoms with van der Waals surface area (Å²) in [4.78, 5) is 26.4. The number of aryl methyl sites for hydroxylation is 3. The molecule has 0 spiro atoms. The zero-order valence-corrected chi connectivity index (χ0v) is 18.7. The molecule has 3 heterocycles. The summed E-state index contributed by atoms with van der Waals surface area (Å²) in [5, 5.41) is 4.08. The molecule has 0 unspecified atom stereocenters. The SMILES string of the molecule is Cc1nc(N2CCCCC2)c2c(C)c(C(=O)Nc3ccc(Br)cc3C)sc2n1. The average Bonchev–Trinajstić information content (AvgIpc) is 3.00. The number of nitrogens with zero attached hydrogens (tertiary/aromatic N) is 3. The molecule has 1 saturated heterocycles. The predicted octanol–water partition coefficient (Wildman–Crippen LogP) is 5.62. The first-order valence-corrected chi connectivity index (χ1v) is 11.1. The number of halogens is 1. The molecule has 1 aliphatic heterocycles. The van der Waals surface area contributed by atoms with Gasteiger partial charge in [0.15, 0.2) is 0 Å². The van der Waals surface area contributed by atoms with Crippen molar-refractivity contribution in [2.24, 2.45) is 0 Å². The first kappa shape index (κ1) is 19.3. The molecular formula is C21H23BrN4OS. The Morgan fingerprint density at radius 1 is 1.14 bits per heavy atom. The summed E-state index contributed by atoms with van der Waals surface area (Å²) in [6.45, 7) is 7.95. The number of anilines is 2. The molecule has 0 aliphatic carbocycles. The summed E-state index contributed by atoms with van der Waals surface area (Å²) in [6.07, 6.45) is 3.64. The molecule has 2 aromatic heterocycles. The first-order chi connectivity index (χ1) is 13.4. The van der Waals surface area contributed by atoms with Crippen molar-refractivity contribution < 1.29 is 4.79 Å². The third kappa shape index (κ3) is 3.65. The zero-order chi connectivity index (χ0) is 19.8. The molecule has 28 heavy (non-hydrogen) atoms. The van der Waals surface area contributed by atoms with Crippen LogP contribution < -0.4 is 10.2 Å². The Bertz CT molecular complexity index is 1060. The molecule has 1 aliphatic rings. The third-order valence-corrected chi connectivity index (χ3v) is 6.86. The van der Waals surface area contributed by atoms with Crippen LogP contribution in [0.3, 0.4) is 0 Å². The summed E-state index contributed by atoms with van der Waals surface area (Å²) in [5.41, 5.74) is 2.81. The van der Waals surface area contributed by atoms with Gasteiger partial charge in [0.1, 0.15) is 16.5 Å². The van der Waals surface area contributed by atoms with Crippen molar-refractivity contribution >= 4 is 54.9 Å².